The van der Waals surface area contributed by atoms with Gasteiger partial charge in [0.1, 0.15) is 11.5 Å². The number of rotatable bonds is 7. The van der Waals surface area contributed by atoms with Crippen LogP contribution < -0.4 is 5.32 Å². The normalized spacial score (nSPS) is 16.1. The van der Waals surface area contributed by atoms with E-state index in [4.69, 9.17) is 9.15 Å². The molecule has 1 aromatic heterocycles. The lowest BCUT2D eigenvalue weighted by molar-refractivity contribution is 0.0929. The van der Waals surface area contributed by atoms with Gasteiger partial charge in [0, 0.05) is 19.2 Å². The fourth-order valence-electron chi connectivity index (χ4n) is 3.40. The van der Waals surface area contributed by atoms with Crippen molar-refractivity contribution in [3.63, 3.8) is 0 Å². The number of hydrogen-bond acceptors (Lipinski definition) is 4. The highest BCUT2D eigenvalue weighted by Gasteiger charge is 2.26. The van der Waals surface area contributed by atoms with E-state index in [1.807, 2.05) is 43.3 Å². The highest BCUT2D eigenvalue weighted by molar-refractivity contribution is 5.95. The highest BCUT2D eigenvalue weighted by Crippen LogP contribution is 2.26. The molecule has 5 heteroatoms. The Balaban J connectivity index is 1.71. The minimum absolute atomic E-state index is 0.0693. The van der Waals surface area contributed by atoms with Crippen molar-refractivity contribution in [1.82, 2.24) is 10.2 Å². The molecule has 134 valence electrons. The molecule has 5 nitrogen and oxygen atoms in total. The van der Waals surface area contributed by atoms with Crippen LogP contribution in [0.3, 0.4) is 0 Å². The number of amides is 1. The van der Waals surface area contributed by atoms with E-state index >= 15 is 0 Å². The second-order valence-electron chi connectivity index (χ2n) is 6.51. The van der Waals surface area contributed by atoms with Crippen molar-refractivity contribution in [2.24, 2.45) is 0 Å². The first-order valence-electron chi connectivity index (χ1n) is 8.84. The standard InChI is InChI=1S/C20H26N2O3/c1-15-9-10-19(25-15)18(22-11-5-6-12-22)13-21-20(23)17-8-4-3-7-16(17)14-24-2/h3-4,7-10,18H,5-6,11-14H2,1-2H3,(H,21,23)/t18-/m0/s1. The van der Waals surface area contributed by atoms with E-state index in [0.717, 1.165) is 30.2 Å². The second-order valence-corrected chi connectivity index (χ2v) is 6.51. The van der Waals surface area contributed by atoms with Gasteiger partial charge in [-0.1, -0.05) is 18.2 Å². The summed E-state index contributed by atoms with van der Waals surface area (Å²) in [5.74, 6) is 1.75. The average molecular weight is 342 g/mol. The summed E-state index contributed by atoms with van der Waals surface area (Å²) in [5, 5.41) is 3.09. The molecule has 1 amide bonds. The van der Waals surface area contributed by atoms with Crippen LogP contribution in [0.4, 0.5) is 0 Å². The van der Waals surface area contributed by atoms with Crippen molar-refractivity contribution in [3.05, 3.63) is 59.0 Å². The van der Waals surface area contributed by atoms with Gasteiger partial charge in [-0.2, -0.15) is 0 Å². The predicted molar refractivity (Wildman–Crippen MR) is 96.5 cm³/mol. The van der Waals surface area contributed by atoms with Gasteiger partial charge in [-0.15, -0.1) is 0 Å². The van der Waals surface area contributed by atoms with Crippen molar-refractivity contribution >= 4 is 5.91 Å². The number of furan rings is 1. The van der Waals surface area contributed by atoms with E-state index < -0.39 is 0 Å². The van der Waals surface area contributed by atoms with Crippen LogP contribution in [0.2, 0.25) is 0 Å². The third kappa shape index (κ3) is 4.30. The molecule has 2 aromatic rings. The first-order valence-corrected chi connectivity index (χ1v) is 8.84. The summed E-state index contributed by atoms with van der Waals surface area (Å²) in [5.41, 5.74) is 1.56. The molecular weight excluding hydrogens is 316 g/mol. The molecule has 0 radical (unpaired) electrons. The molecule has 0 unspecified atom stereocenters. The molecule has 0 spiro atoms. The number of carbonyl (C=O) groups excluding carboxylic acids is 1. The Morgan fingerprint density at radius 1 is 1.24 bits per heavy atom. The van der Waals surface area contributed by atoms with Gasteiger partial charge in [-0.3, -0.25) is 9.69 Å². The third-order valence-corrected chi connectivity index (χ3v) is 4.69. The number of methoxy groups -OCH3 is 1. The molecular formula is C20H26N2O3. The zero-order valence-electron chi connectivity index (χ0n) is 15.0. The van der Waals surface area contributed by atoms with Gasteiger partial charge in [0.25, 0.3) is 5.91 Å². The maximum atomic E-state index is 12.7. The van der Waals surface area contributed by atoms with E-state index in [0.29, 0.717) is 18.7 Å². The van der Waals surface area contributed by atoms with E-state index in [1.54, 1.807) is 7.11 Å². The monoisotopic (exact) mass is 342 g/mol. The Kier molecular flexibility index (Phi) is 5.89. The van der Waals surface area contributed by atoms with Crippen LogP contribution in [0.15, 0.2) is 40.8 Å². The summed E-state index contributed by atoms with van der Waals surface area (Å²) in [4.78, 5) is 15.1. The summed E-state index contributed by atoms with van der Waals surface area (Å²) in [7, 11) is 1.64. The molecule has 1 aliphatic heterocycles. The van der Waals surface area contributed by atoms with Gasteiger partial charge < -0.3 is 14.5 Å². The van der Waals surface area contributed by atoms with Crippen molar-refractivity contribution in [3.8, 4) is 0 Å². The summed E-state index contributed by atoms with van der Waals surface area (Å²) in [6.45, 7) is 4.99. The van der Waals surface area contributed by atoms with Crippen molar-refractivity contribution in [2.45, 2.75) is 32.4 Å². The maximum absolute atomic E-state index is 12.7. The molecule has 3 rings (SSSR count). The lowest BCUT2D eigenvalue weighted by Crippen LogP contribution is -2.37. The van der Waals surface area contributed by atoms with Gasteiger partial charge in [0.15, 0.2) is 0 Å². The number of hydrogen-bond donors (Lipinski definition) is 1. The molecule has 25 heavy (non-hydrogen) atoms. The Morgan fingerprint density at radius 2 is 2.00 bits per heavy atom. The van der Waals surface area contributed by atoms with Crippen molar-refractivity contribution in [2.75, 3.05) is 26.7 Å². The van der Waals surface area contributed by atoms with Crippen LogP contribution in [0, 0.1) is 6.92 Å². The predicted octanol–water partition coefficient (Wildman–Crippen LogP) is 3.30. The van der Waals surface area contributed by atoms with Crippen LogP contribution in [0.25, 0.3) is 0 Å². The molecule has 1 N–H and O–H groups in total. The number of carbonyl (C=O) groups is 1. The minimum Gasteiger partial charge on any atom is -0.465 e. The average Bonchev–Trinajstić information content (AvgIpc) is 3.28. The quantitative estimate of drug-likeness (QED) is 0.839. The van der Waals surface area contributed by atoms with E-state index in [2.05, 4.69) is 10.2 Å². The molecule has 2 heterocycles. The van der Waals surface area contributed by atoms with Gasteiger partial charge in [-0.05, 0) is 56.6 Å². The van der Waals surface area contributed by atoms with Crippen molar-refractivity contribution in [1.29, 1.82) is 0 Å². The van der Waals surface area contributed by atoms with Crippen LogP contribution in [0.1, 0.15) is 46.3 Å². The first-order chi connectivity index (χ1) is 12.2. The molecule has 0 bridgehead atoms. The zero-order chi connectivity index (χ0) is 17.6. The Bertz CT molecular complexity index is 704. The number of likely N-dealkylation sites (tertiary alicyclic amines) is 1. The summed E-state index contributed by atoms with van der Waals surface area (Å²) < 4.78 is 11.0. The number of aryl methyl sites for hydroxylation is 1. The molecule has 1 aromatic carbocycles. The Morgan fingerprint density at radius 3 is 2.68 bits per heavy atom. The van der Waals surface area contributed by atoms with E-state index in [1.165, 1.54) is 12.8 Å². The molecule has 1 atom stereocenters. The van der Waals surface area contributed by atoms with Gasteiger partial charge in [0.05, 0.1) is 12.6 Å². The number of nitrogens with one attached hydrogen (secondary N) is 1. The zero-order valence-corrected chi connectivity index (χ0v) is 15.0. The lowest BCUT2D eigenvalue weighted by Gasteiger charge is -2.26. The van der Waals surface area contributed by atoms with Crippen LogP contribution >= 0.6 is 0 Å². The molecule has 0 saturated carbocycles. The van der Waals surface area contributed by atoms with Gasteiger partial charge in [0.2, 0.25) is 0 Å². The summed E-state index contributed by atoms with van der Waals surface area (Å²) in [6, 6.07) is 11.6. The topological polar surface area (TPSA) is 54.7 Å². The molecule has 1 fully saturated rings. The van der Waals surface area contributed by atoms with Crippen LogP contribution in [-0.4, -0.2) is 37.6 Å². The fourth-order valence-corrected chi connectivity index (χ4v) is 3.40. The van der Waals surface area contributed by atoms with E-state index in [-0.39, 0.29) is 11.9 Å². The maximum Gasteiger partial charge on any atom is 0.251 e. The largest absolute Gasteiger partial charge is 0.465 e. The van der Waals surface area contributed by atoms with Crippen LogP contribution in [-0.2, 0) is 11.3 Å². The number of benzene rings is 1. The van der Waals surface area contributed by atoms with E-state index in [9.17, 15) is 4.79 Å². The summed E-state index contributed by atoms with van der Waals surface area (Å²) >= 11 is 0. The van der Waals surface area contributed by atoms with Crippen molar-refractivity contribution < 1.29 is 13.9 Å². The molecule has 0 aliphatic carbocycles. The third-order valence-electron chi connectivity index (χ3n) is 4.69. The number of ether oxygens (including phenoxy) is 1. The minimum atomic E-state index is -0.0693. The smallest absolute Gasteiger partial charge is 0.251 e. The fraction of sp³-hybridized carbons (Fsp3) is 0.450. The Hall–Kier alpha value is -2.11. The Labute approximate surface area is 149 Å². The second kappa shape index (κ2) is 8.32. The molecule has 1 aliphatic rings. The first kappa shape index (κ1) is 17.7. The van der Waals surface area contributed by atoms with Gasteiger partial charge in [-0.25, -0.2) is 0 Å². The lowest BCUT2D eigenvalue weighted by atomic mass is 10.1. The summed E-state index contributed by atoms with van der Waals surface area (Å²) in [6.07, 6.45) is 2.39. The highest BCUT2D eigenvalue weighted by atomic mass is 16.5. The SMILES string of the molecule is COCc1ccccc1C(=O)NC[C@@H](c1ccc(C)o1)N1CCCC1. The molecule has 1 saturated heterocycles. The van der Waals surface area contributed by atoms with Gasteiger partial charge >= 0.3 is 0 Å². The van der Waals surface area contributed by atoms with Crippen LogP contribution in [0.5, 0.6) is 0 Å². The number of nitrogens with zero attached hydrogens (tertiary/aromatic N) is 1.